The van der Waals surface area contributed by atoms with E-state index in [1.807, 2.05) is 0 Å². The fourth-order valence-electron chi connectivity index (χ4n) is 5.79. The van der Waals surface area contributed by atoms with Crippen molar-refractivity contribution >= 4 is 36.6 Å². The Balaban J connectivity index is 0.00000160. The van der Waals surface area contributed by atoms with E-state index in [1.165, 1.54) is 25.7 Å². The third-order valence-corrected chi connectivity index (χ3v) is 7.64. The lowest BCUT2D eigenvalue weighted by molar-refractivity contribution is -0.135. The van der Waals surface area contributed by atoms with Crippen molar-refractivity contribution in [3.63, 3.8) is 0 Å². The second-order valence-corrected chi connectivity index (χ2v) is 9.52. The summed E-state index contributed by atoms with van der Waals surface area (Å²) in [6.07, 6.45) is 8.33. The van der Waals surface area contributed by atoms with E-state index in [9.17, 15) is 9.59 Å². The van der Waals surface area contributed by atoms with Gasteiger partial charge in [0.05, 0.1) is 0 Å². The predicted octanol–water partition coefficient (Wildman–Crippen LogP) is 2.54. The lowest BCUT2D eigenvalue weighted by Crippen LogP contribution is -2.49. The summed E-state index contributed by atoms with van der Waals surface area (Å²) in [6.45, 7) is 8.72. The molecular formula is C22H40Cl2N4O2. The summed E-state index contributed by atoms with van der Waals surface area (Å²) < 4.78 is 0. The number of hydrogen-bond acceptors (Lipinski definition) is 4. The van der Waals surface area contributed by atoms with Crippen molar-refractivity contribution in [3.05, 3.63) is 0 Å². The molecule has 2 amide bonds. The van der Waals surface area contributed by atoms with Gasteiger partial charge in [-0.2, -0.15) is 0 Å². The number of nitrogens with one attached hydrogen (secondary N) is 1. The smallest absolute Gasteiger partial charge is 0.222 e. The summed E-state index contributed by atoms with van der Waals surface area (Å²) in [5.74, 6) is 1.71. The van der Waals surface area contributed by atoms with E-state index in [4.69, 9.17) is 0 Å². The fourth-order valence-corrected chi connectivity index (χ4v) is 5.79. The molecule has 2 bridgehead atoms. The zero-order chi connectivity index (χ0) is 19.5. The third-order valence-electron chi connectivity index (χ3n) is 7.64. The third kappa shape index (κ3) is 6.47. The van der Waals surface area contributed by atoms with Gasteiger partial charge in [0.2, 0.25) is 11.8 Å². The Kier molecular flexibility index (Phi) is 10.2. The first-order valence-corrected chi connectivity index (χ1v) is 11.6. The van der Waals surface area contributed by atoms with Crippen LogP contribution in [0.15, 0.2) is 0 Å². The molecule has 4 aliphatic rings. The molecule has 174 valence electrons. The van der Waals surface area contributed by atoms with Crippen LogP contribution in [0, 0.1) is 11.8 Å². The van der Waals surface area contributed by atoms with Crippen molar-refractivity contribution in [1.29, 1.82) is 0 Å². The molecule has 0 spiro atoms. The van der Waals surface area contributed by atoms with E-state index < -0.39 is 0 Å². The van der Waals surface area contributed by atoms with Gasteiger partial charge in [-0.25, -0.2) is 0 Å². The number of halogens is 2. The highest BCUT2D eigenvalue weighted by Gasteiger charge is 2.35. The van der Waals surface area contributed by atoms with E-state index in [0.717, 1.165) is 65.1 Å². The average molecular weight is 463 g/mol. The molecule has 6 nitrogen and oxygen atoms in total. The van der Waals surface area contributed by atoms with E-state index in [0.29, 0.717) is 42.2 Å². The standard InChI is InChI=1S/C22H38N4O2.2ClH/c1-2-24-9-11-26(12-10-24)21(27)15-17-5-7-25(8-6-17)22(28)16-18-13-19-3-4-20(14-18)23-19;;/h17-20,23H,2-16H2,1H3;2*1H. The van der Waals surface area contributed by atoms with E-state index in [2.05, 4.69) is 26.9 Å². The molecule has 0 radical (unpaired) electrons. The highest BCUT2D eigenvalue weighted by molar-refractivity contribution is 5.85. The van der Waals surface area contributed by atoms with Crippen LogP contribution in [0.25, 0.3) is 0 Å². The summed E-state index contributed by atoms with van der Waals surface area (Å²) >= 11 is 0. The first kappa shape index (κ1) is 25.7. The second-order valence-electron chi connectivity index (χ2n) is 9.52. The van der Waals surface area contributed by atoms with Crippen LogP contribution in [0.5, 0.6) is 0 Å². The Hall–Kier alpha value is -0.560. The molecule has 4 fully saturated rings. The van der Waals surface area contributed by atoms with Gasteiger partial charge in [0.1, 0.15) is 0 Å². The first-order valence-electron chi connectivity index (χ1n) is 11.6. The number of amides is 2. The minimum atomic E-state index is 0. The number of likely N-dealkylation sites (N-methyl/N-ethyl adjacent to an activating group) is 1. The van der Waals surface area contributed by atoms with Crippen molar-refractivity contribution in [2.75, 3.05) is 45.8 Å². The Morgan fingerprint density at radius 3 is 1.77 bits per heavy atom. The summed E-state index contributed by atoms with van der Waals surface area (Å²) in [6, 6.07) is 1.32. The molecule has 4 saturated heterocycles. The van der Waals surface area contributed by atoms with Gasteiger partial charge in [-0.3, -0.25) is 9.59 Å². The van der Waals surface area contributed by atoms with Gasteiger partial charge in [-0.05, 0) is 56.9 Å². The number of hydrogen-bond donors (Lipinski definition) is 1. The normalized spacial score (nSPS) is 29.8. The Bertz CT molecular complexity index is 551. The molecule has 0 aromatic carbocycles. The number of nitrogens with zero attached hydrogens (tertiary/aromatic N) is 3. The summed E-state index contributed by atoms with van der Waals surface area (Å²) in [5.41, 5.74) is 0. The predicted molar refractivity (Wildman–Crippen MR) is 124 cm³/mol. The Labute approximate surface area is 194 Å². The van der Waals surface area contributed by atoms with Crippen molar-refractivity contribution in [1.82, 2.24) is 20.0 Å². The lowest BCUT2D eigenvalue weighted by Gasteiger charge is -2.37. The van der Waals surface area contributed by atoms with Gasteiger partial charge >= 0.3 is 0 Å². The quantitative estimate of drug-likeness (QED) is 0.681. The van der Waals surface area contributed by atoms with Crippen molar-refractivity contribution in [3.8, 4) is 0 Å². The van der Waals surface area contributed by atoms with E-state index >= 15 is 0 Å². The maximum atomic E-state index is 12.8. The number of piperazine rings is 1. The van der Waals surface area contributed by atoms with Gasteiger partial charge in [-0.1, -0.05) is 6.92 Å². The molecule has 8 heteroatoms. The molecule has 0 saturated carbocycles. The topological polar surface area (TPSA) is 55.9 Å². The molecule has 2 atom stereocenters. The molecule has 0 aromatic rings. The zero-order valence-corrected chi connectivity index (χ0v) is 20.0. The van der Waals surface area contributed by atoms with Crippen molar-refractivity contribution in [2.24, 2.45) is 11.8 Å². The molecule has 0 aliphatic carbocycles. The molecule has 4 rings (SSSR count). The van der Waals surface area contributed by atoms with Crippen LogP contribution in [-0.2, 0) is 9.59 Å². The molecule has 0 aromatic heterocycles. The number of piperidine rings is 2. The van der Waals surface area contributed by atoms with Gasteiger partial charge < -0.3 is 20.0 Å². The maximum Gasteiger partial charge on any atom is 0.222 e. The largest absolute Gasteiger partial charge is 0.343 e. The Morgan fingerprint density at radius 1 is 0.733 bits per heavy atom. The highest BCUT2D eigenvalue weighted by atomic mass is 35.5. The number of likely N-dealkylation sites (tertiary alicyclic amines) is 1. The number of carbonyl (C=O) groups is 2. The molecule has 4 heterocycles. The van der Waals surface area contributed by atoms with Crippen molar-refractivity contribution < 1.29 is 9.59 Å². The van der Waals surface area contributed by atoms with Gasteiger partial charge in [0, 0.05) is 64.2 Å². The average Bonchev–Trinajstić information content (AvgIpc) is 3.06. The van der Waals surface area contributed by atoms with Crippen molar-refractivity contribution in [2.45, 2.75) is 70.4 Å². The number of rotatable bonds is 5. The molecule has 30 heavy (non-hydrogen) atoms. The minimum Gasteiger partial charge on any atom is -0.343 e. The summed E-state index contributed by atoms with van der Waals surface area (Å²) in [5, 5.41) is 3.67. The van der Waals surface area contributed by atoms with Gasteiger partial charge in [0.15, 0.2) is 0 Å². The molecule has 1 N–H and O–H groups in total. The van der Waals surface area contributed by atoms with E-state index in [1.54, 1.807) is 0 Å². The molecular weight excluding hydrogens is 423 g/mol. The number of fused-ring (bicyclic) bond motifs is 2. The van der Waals surface area contributed by atoms with Gasteiger partial charge in [0.25, 0.3) is 0 Å². The summed E-state index contributed by atoms with van der Waals surface area (Å²) in [7, 11) is 0. The van der Waals surface area contributed by atoms with Gasteiger partial charge in [-0.15, -0.1) is 24.8 Å². The molecule has 2 unspecified atom stereocenters. The SMILES string of the molecule is CCN1CCN(C(=O)CC2CCN(C(=O)CC3CC4CCC(C3)N4)CC2)CC1.Cl.Cl. The second kappa shape index (κ2) is 11.9. The molecule has 4 aliphatic heterocycles. The highest BCUT2D eigenvalue weighted by Crippen LogP contribution is 2.33. The van der Waals surface area contributed by atoms with E-state index in [-0.39, 0.29) is 24.8 Å². The van der Waals surface area contributed by atoms with Crippen LogP contribution in [0.4, 0.5) is 0 Å². The van der Waals surface area contributed by atoms with Crippen LogP contribution >= 0.6 is 24.8 Å². The Morgan fingerprint density at radius 2 is 1.23 bits per heavy atom. The van der Waals surface area contributed by atoms with Crippen LogP contribution in [0.1, 0.15) is 58.3 Å². The monoisotopic (exact) mass is 462 g/mol. The minimum absolute atomic E-state index is 0. The lowest BCUT2D eigenvalue weighted by atomic mass is 9.88. The van der Waals surface area contributed by atoms with Crippen LogP contribution in [0.2, 0.25) is 0 Å². The fraction of sp³-hybridized carbons (Fsp3) is 0.909. The summed E-state index contributed by atoms with van der Waals surface area (Å²) in [4.78, 5) is 31.9. The van der Waals surface area contributed by atoms with Crippen LogP contribution in [0.3, 0.4) is 0 Å². The zero-order valence-electron chi connectivity index (χ0n) is 18.4. The van der Waals surface area contributed by atoms with Crippen LogP contribution in [-0.4, -0.2) is 84.4 Å². The number of carbonyl (C=O) groups excluding carboxylic acids is 2. The first-order chi connectivity index (χ1) is 13.6. The maximum absolute atomic E-state index is 12.8. The van der Waals surface area contributed by atoms with Crippen LogP contribution < -0.4 is 5.32 Å².